The van der Waals surface area contributed by atoms with Gasteiger partial charge in [0.25, 0.3) is 0 Å². The van der Waals surface area contributed by atoms with Crippen LogP contribution in [0.25, 0.3) is 0 Å². The molecule has 2 N–H and O–H groups in total. The van der Waals surface area contributed by atoms with Crippen LogP contribution in [0.1, 0.15) is 6.42 Å². The van der Waals surface area contributed by atoms with E-state index in [4.69, 9.17) is 5.84 Å². The van der Waals surface area contributed by atoms with Crippen LogP contribution >= 0.6 is 0 Å². The quantitative estimate of drug-likeness (QED) is 0.521. The van der Waals surface area contributed by atoms with Crippen molar-refractivity contribution in [1.29, 1.82) is 0 Å². The standard InChI is InChI=1S/C8H18N4O/c1-10(2)8(13)11-4-3-5-12(9)7-6-11/h3-7,9H2,1-2H3. The molecule has 1 aliphatic rings. The Morgan fingerprint density at radius 1 is 1.23 bits per heavy atom. The van der Waals surface area contributed by atoms with E-state index in [9.17, 15) is 4.79 Å². The van der Waals surface area contributed by atoms with Crippen molar-refractivity contribution in [2.75, 3.05) is 40.3 Å². The van der Waals surface area contributed by atoms with Crippen LogP contribution in [-0.4, -0.2) is 61.1 Å². The van der Waals surface area contributed by atoms with E-state index >= 15 is 0 Å². The largest absolute Gasteiger partial charge is 0.331 e. The molecule has 0 aliphatic carbocycles. The highest BCUT2D eigenvalue weighted by Gasteiger charge is 2.18. The molecule has 2 amide bonds. The van der Waals surface area contributed by atoms with Gasteiger partial charge in [-0.15, -0.1) is 0 Å². The Bertz CT molecular complexity index is 183. The lowest BCUT2D eigenvalue weighted by Gasteiger charge is -2.24. The second-order valence-electron chi connectivity index (χ2n) is 3.55. The first-order chi connectivity index (χ1) is 6.11. The minimum atomic E-state index is 0.0790. The Hall–Kier alpha value is -0.810. The zero-order chi connectivity index (χ0) is 9.84. The van der Waals surface area contributed by atoms with Gasteiger partial charge in [-0.05, 0) is 6.42 Å². The van der Waals surface area contributed by atoms with Crippen LogP contribution < -0.4 is 5.84 Å². The Balaban J connectivity index is 2.46. The summed E-state index contributed by atoms with van der Waals surface area (Å²) in [5.74, 6) is 5.65. The number of nitrogens with zero attached hydrogens (tertiary/aromatic N) is 3. The summed E-state index contributed by atoms with van der Waals surface area (Å²) >= 11 is 0. The maximum absolute atomic E-state index is 11.5. The van der Waals surface area contributed by atoms with Crippen molar-refractivity contribution < 1.29 is 4.79 Å². The summed E-state index contributed by atoms with van der Waals surface area (Å²) in [6.45, 7) is 3.18. The van der Waals surface area contributed by atoms with Crippen molar-refractivity contribution >= 4 is 6.03 Å². The van der Waals surface area contributed by atoms with Crippen LogP contribution in [0.2, 0.25) is 0 Å². The van der Waals surface area contributed by atoms with E-state index in [1.807, 2.05) is 4.90 Å². The van der Waals surface area contributed by atoms with E-state index < -0.39 is 0 Å². The van der Waals surface area contributed by atoms with Crippen LogP contribution in [0.15, 0.2) is 0 Å². The smallest absolute Gasteiger partial charge is 0.319 e. The van der Waals surface area contributed by atoms with Crippen LogP contribution in [0.5, 0.6) is 0 Å². The number of hydrazine groups is 1. The Labute approximate surface area is 79.0 Å². The molecule has 13 heavy (non-hydrogen) atoms. The first kappa shape index (κ1) is 10.3. The fourth-order valence-corrected chi connectivity index (χ4v) is 1.41. The summed E-state index contributed by atoms with van der Waals surface area (Å²) in [4.78, 5) is 15.0. The molecule has 1 heterocycles. The number of carbonyl (C=O) groups is 1. The minimum absolute atomic E-state index is 0.0790. The molecule has 1 aliphatic heterocycles. The lowest BCUT2D eigenvalue weighted by atomic mass is 10.4. The fraction of sp³-hybridized carbons (Fsp3) is 0.875. The SMILES string of the molecule is CN(C)C(=O)N1CCCN(N)CC1. The molecule has 5 heteroatoms. The van der Waals surface area contributed by atoms with Crippen LogP contribution in [0, 0.1) is 0 Å². The van der Waals surface area contributed by atoms with E-state index in [2.05, 4.69) is 0 Å². The predicted octanol–water partition coefficient (Wildman–Crippen LogP) is -0.451. The maximum atomic E-state index is 11.5. The van der Waals surface area contributed by atoms with Gasteiger partial charge in [0, 0.05) is 40.3 Å². The van der Waals surface area contributed by atoms with Crippen molar-refractivity contribution in [2.45, 2.75) is 6.42 Å². The van der Waals surface area contributed by atoms with Gasteiger partial charge in [-0.3, -0.25) is 5.84 Å². The van der Waals surface area contributed by atoms with Gasteiger partial charge in [0.2, 0.25) is 0 Å². The maximum Gasteiger partial charge on any atom is 0.319 e. The number of hydrogen-bond acceptors (Lipinski definition) is 3. The summed E-state index contributed by atoms with van der Waals surface area (Å²) in [5, 5.41) is 1.77. The monoisotopic (exact) mass is 186 g/mol. The highest BCUT2D eigenvalue weighted by Crippen LogP contribution is 2.01. The molecular weight excluding hydrogens is 168 g/mol. The van der Waals surface area contributed by atoms with Crippen LogP contribution in [0.3, 0.4) is 0 Å². The lowest BCUT2D eigenvalue weighted by molar-refractivity contribution is 0.172. The van der Waals surface area contributed by atoms with Crippen molar-refractivity contribution in [3.05, 3.63) is 0 Å². The molecule has 0 radical (unpaired) electrons. The van der Waals surface area contributed by atoms with E-state index in [1.165, 1.54) is 0 Å². The molecule has 1 rings (SSSR count). The van der Waals surface area contributed by atoms with Gasteiger partial charge in [-0.25, -0.2) is 9.80 Å². The van der Waals surface area contributed by atoms with Crippen LogP contribution in [0.4, 0.5) is 4.79 Å². The predicted molar refractivity (Wildman–Crippen MR) is 51.0 cm³/mol. The molecular formula is C8H18N4O. The minimum Gasteiger partial charge on any atom is -0.331 e. The van der Waals surface area contributed by atoms with Gasteiger partial charge < -0.3 is 9.80 Å². The van der Waals surface area contributed by atoms with E-state index in [-0.39, 0.29) is 6.03 Å². The second kappa shape index (κ2) is 4.43. The normalized spacial score (nSPS) is 19.8. The highest BCUT2D eigenvalue weighted by atomic mass is 16.2. The van der Waals surface area contributed by atoms with Gasteiger partial charge in [0.15, 0.2) is 0 Å². The molecule has 1 fully saturated rings. The molecule has 5 nitrogen and oxygen atoms in total. The van der Waals surface area contributed by atoms with Crippen molar-refractivity contribution in [3.63, 3.8) is 0 Å². The third-order valence-corrected chi connectivity index (χ3v) is 2.18. The van der Waals surface area contributed by atoms with E-state index in [0.717, 1.165) is 32.6 Å². The molecule has 0 atom stereocenters. The third kappa shape index (κ3) is 2.86. The summed E-state index contributed by atoms with van der Waals surface area (Å²) in [7, 11) is 3.54. The number of hydrogen-bond donors (Lipinski definition) is 1. The molecule has 0 bridgehead atoms. The Morgan fingerprint density at radius 3 is 2.54 bits per heavy atom. The van der Waals surface area contributed by atoms with Crippen molar-refractivity contribution in [2.24, 2.45) is 5.84 Å². The molecule has 0 aromatic rings. The molecule has 0 spiro atoms. The van der Waals surface area contributed by atoms with Gasteiger partial charge >= 0.3 is 6.03 Å². The van der Waals surface area contributed by atoms with Crippen molar-refractivity contribution in [1.82, 2.24) is 14.8 Å². The fourth-order valence-electron chi connectivity index (χ4n) is 1.41. The zero-order valence-electron chi connectivity index (χ0n) is 8.36. The summed E-state index contributed by atoms with van der Waals surface area (Å²) in [6.07, 6.45) is 0.954. The molecule has 76 valence electrons. The van der Waals surface area contributed by atoms with E-state index in [1.54, 1.807) is 24.0 Å². The Kier molecular flexibility index (Phi) is 3.50. The summed E-state index contributed by atoms with van der Waals surface area (Å²) in [5.41, 5.74) is 0. The zero-order valence-corrected chi connectivity index (χ0v) is 8.36. The van der Waals surface area contributed by atoms with Crippen molar-refractivity contribution in [3.8, 4) is 0 Å². The number of urea groups is 1. The molecule has 0 unspecified atom stereocenters. The van der Waals surface area contributed by atoms with Gasteiger partial charge in [0.1, 0.15) is 0 Å². The van der Waals surface area contributed by atoms with Gasteiger partial charge in [0.05, 0.1) is 0 Å². The summed E-state index contributed by atoms with van der Waals surface area (Å²) < 4.78 is 0. The second-order valence-corrected chi connectivity index (χ2v) is 3.55. The average Bonchev–Trinajstić information content (AvgIpc) is 2.28. The first-order valence-electron chi connectivity index (χ1n) is 4.57. The number of carbonyl (C=O) groups excluding carboxylic acids is 1. The molecule has 1 saturated heterocycles. The van der Waals surface area contributed by atoms with Crippen LogP contribution in [-0.2, 0) is 0 Å². The molecule has 0 aromatic heterocycles. The number of rotatable bonds is 0. The highest BCUT2D eigenvalue weighted by molar-refractivity contribution is 5.73. The Morgan fingerprint density at radius 2 is 1.92 bits per heavy atom. The van der Waals surface area contributed by atoms with Gasteiger partial charge in [-0.1, -0.05) is 0 Å². The number of amides is 2. The van der Waals surface area contributed by atoms with Gasteiger partial charge in [-0.2, -0.15) is 0 Å². The third-order valence-electron chi connectivity index (χ3n) is 2.18. The topological polar surface area (TPSA) is 52.8 Å². The molecule has 0 aromatic carbocycles. The first-order valence-corrected chi connectivity index (χ1v) is 4.57. The average molecular weight is 186 g/mol. The van der Waals surface area contributed by atoms with E-state index in [0.29, 0.717) is 0 Å². The number of nitrogens with two attached hydrogens (primary N) is 1. The molecule has 0 saturated carbocycles. The summed E-state index contributed by atoms with van der Waals surface area (Å²) in [6, 6.07) is 0.0790. The lowest BCUT2D eigenvalue weighted by Crippen LogP contribution is -2.42.